The highest BCUT2D eigenvalue weighted by Gasteiger charge is 2.46. The molecule has 0 saturated carbocycles. The van der Waals surface area contributed by atoms with E-state index >= 15 is 0 Å². The van der Waals surface area contributed by atoms with Crippen LogP contribution < -0.4 is 5.32 Å². The van der Waals surface area contributed by atoms with Crippen molar-refractivity contribution < 1.29 is 0 Å². The topological polar surface area (TPSA) is 15.3 Å². The molecule has 0 radical (unpaired) electrons. The molecule has 19 heavy (non-hydrogen) atoms. The predicted molar refractivity (Wildman–Crippen MR) is 80.7 cm³/mol. The molecule has 3 unspecified atom stereocenters. The minimum absolute atomic E-state index is 0. The number of nitrogens with one attached hydrogen (secondary N) is 1. The third-order valence-corrected chi connectivity index (χ3v) is 5.25. The molecule has 2 saturated heterocycles. The van der Waals surface area contributed by atoms with Crippen molar-refractivity contribution in [2.24, 2.45) is 5.41 Å². The minimum atomic E-state index is 0. The minimum Gasteiger partial charge on any atom is -0.316 e. The van der Waals surface area contributed by atoms with Gasteiger partial charge in [-0.05, 0) is 42.3 Å². The highest BCUT2D eigenvalue weighted by atomic mass is 35.5. The van der Waals surface area contributed by atoms with Crippen molar-refractivity contribution in [2.45, 2.75) is 38.3 Å². The Morgan fingerprint density at radius 1 is 1.21 bits per heavy atom. The van der Waals surface area contributed by atoms with Gasteiger partial charge in [0.15, 0.2) is 0 Å². The number of rotatable bonds is 2. The van der Waals surface area contributed by atoms with E-state index < -0.39 is 0 Å². The number of hydrogen-bond acceptors (Lipinski definition) is 2. The number of halogens is 1. The van der Waals surface area contributed by atoms with Crippen LogP contribution in [0.1, 0.15) is 49.4 Å². The molecule has 2 bridgehead atoms. The van der Waals surface area contributed by atoms with E-state index in [0.717, 1.165) is 0 Å². The summed E-state index contributed by atoms with van der Waals surface area (Å²) in [5, 5.41) is 3.53. The van der Waals surface area contributed by atoms with E-state index in [1.807, 2.05) is 0 Å². The van der Waals surface area contributed by atoms with E-state index in [2.05, 4.69) is 41.4 Å². The van der Waals surface area contributed by atoms with Crippen molar-refractivity contribution >= 4 is 12.4 Å². The van der Waals surface area contributed by atoms with Crippen molar-refractivity contribution in [1.29, 1.82) is 0 Å². The molecule has 1 aromatic carbocycles. The predicted octanol–water partition coefficient (Wildman–Crippen LogP) is 3.30. The summed E-state index contributed by atoms with van der Waals surface area (Å²) in [6, 6.07) is 10.5. The molecule has 3 aliphatic heterocycles. The van der Waals surface area contributed by atoms with E-state index in [1.54, 1.807) is 11.1 Å². The van der Waals surface area contributed by atoms with Crippen molar-refractivity contribution in [2.75, 3.05) is 19.6 Å². The standard InChI is InChI=1S/C16H22N2.ClH/c1-16(8-9-17-10-16)11-18-14-6-7-15(18)13-5-3-2-4-12(13)14;/h2-5,14-15,17H,6-11H2,1H3;1H. The number of nitrogens with zero attached hydrogens (tertiary/aromatic N) is 1. The Morgan fingerprint density at radius 2 is 1.84 bits per heavy atom. The average molecular weight is 279 g/mol. The van der Waals surface area contributed by atoms with Gasteiger partial charge in [0.05, 0.1) is 0 Å². The fourth-order valence-corrected chi connectivity index (χ4v) is 4.32. The van der Waals surface area contributed by atoms with Crippen LogP contribution in [0.3, 0.4) is 0 Å². The summed E-state index contributed by atoms with van der Waals surface area (Å²) < 4.78 is 0. The molecule has 0 aliphatic carbocycles. The van der Waals surface area contributed by atoms with Crippen molar-refractivity contribution in [1.82, 2.24) is 10.2 Å². The quantitative estimate of drug-likeness (QED) is 0.893. The smallest absolute Gasteiger partial charge is 0.0358 e. The number of fused-ring (bicyclic) bond motifs is 5. The van der Waals surface area contributed by atoms with Gasteiger partial charge in [0.1, 0.15) is 0 Å². The van der Waals surface area contributed by atoms with E-state index in [0.29, 0.717) is 17.5 Å². The van der Waals surface area contributed by atoms with Crippen molar-refractivity contribution in [3.63, 3.8) is 0 Å². The fourth-order valence-electron chi connectivity index (χ4n) is 4.32. The third-order valence-electron chi connectivity index (χ3n) is 5.25. The SMILES string of the molecule is CC1(CN2C3CCC2c2ccccc23)CCNC1.Cl. The Labute approximate surface area is 122 Å². The molecule has 4 rings (SSSR count). The lowest BCUT2D eigenvalue weighted by Crippen LogP contribution is -2.35. The maximum atomic E-state index is 3.53. The maximum Gasteiger partial charge on any atom is 0.0358 e. The molecule has 0 amide bonds. The Bertz CT molecular complexity index is 437. The zero-order chi connectivity index (χ0) is 12.2. The van der Waals surface area contributed by atoms with Crippen molar-refractivity contribution in [3.05, 3.63) is 35.4 Å². The highest BCUT2D eigenvalue weighted by molar-refractivity contribution is 5.85. The van der Waals surface area contributed by atoms with Crippen LogP contribution in [0.15, 0.2) is 24.3 Å². The molecular weight excluding hydrogens is 256 g/mol. The van der Waals surface area contributed by atoms with Gasteiger partial charge in [-0.25, -0.2) is 0 Å². The lowest BCUT2D eigenvalue weighted by Gasteiger charge is -2.32. The second kappa shape index (κ2) is 4.76. The first kappa shape index (κ1) is 13.4. The second-order valence-corrected chi connectivity index (χ2v) is 6.65. The highest BCUT2D eigenvalue weighted by Crippen LogP contribution is 2.54. The molecule has 2 fully saturated rings. The largest absolute Gasteiger partial charge is 0.316 e. The van der Waals surface area contributed by atoms with Crippen LogP contribution in [-0.4, -0.2) is 24.5 Å². The number of hydrogen-bond donors (Lipinski definition) is 1. The molecule has 3 atom stereocenters. The first-order chi connectivity index (χ1) is 8.77. The Kier molecular flexibility index (Phi) is 3.36. The van der Waals surface area contributed by atoms with Crippen LogP contribution in [0.5, 0.6) is 0 Å². The van der Waals surface area contributed by atoms with Gasteiger partial charge in [-0.15, -0.1) is 12.4 Å². The molecule has 3 heteroatoms. The van der Waals surface area contributed by atoms with Crippen LogP contribution in [-0.2, 0) is 0 Å². The van der Waals surface area contributed by atoms with Crippen LogP contribution >= 0.6 is 12.4 Å². The zero-order valence-corrected chi connectivity index (χ0v) is 12.4. The molecule has 3 heterocycles. The van der Waals surface area contributed by atoms with E-state index in [4.69, 9.17) is 0 Å². The van der Waals surface area contributed by atoms with E-state index in [1.165, 1.54) is 38.9 Å². The monoisotopic (exact) mass is 278 g/mol. The second-order valence-electron chi connectivity index (χ2n) is 6.65. The maximum absolute atomic E-state index is 3.53. The van der Waals surface area contributed by atoms with Crippen LogP contribution in [0, 0.1) is 5.41 Å². The summed E-state index contributed by atoms with van der Waals surface area (Å²) in [5.41, 5.74) is 3.72. The normalized spacial score (nSPS) is 36.3. The van der Waals surface area contributed by atoms with Gasteiger partial charge in [-0.3, -0.25) is 4.90 Å². The van der Waals surface area contributed by atoms with Crippen LogP contribution in [0.25, 0.3) is 0 Å². The van der Waals surface area contributed by atoms with Gasteiger partial charge in [-0.1, -0.05) is 31.2 Å². The lowest BCUT2D eigenvalue weighted by atomic mass is 9.89. The zero-order valence-electron chi connectivity index (χ0n) is 11.6. The summed E-state index contributed by atoms with van der Waals surface area (Å²) in [6.07, 6.45) is 4.07. The molecular formula is C16H23ClN2. The summed E-state index contributed by atoms with van der Waals surface area (Å²) >= 11 is 0. The van der Waals surface area contributed by atoms with Gasteiger partial charge < -0.3 is 5.32 Å². The average Bonchev–Trinajstić information content (AvgIpc) is 3.05. The third kappa shape index (κ3) is 2.01. The molecule has 0 spiro atoms. The Morgan fingerprint density at radius 3 is 2.37 bits per heavy atom. The summed E-state index contributed by atoms with van der Waals surface area (Å²) in [4.78, 5) is 2.79. The molecule has 3 aliphatic rings. The lowest BCUT2D eigenvalue weighted by molar-refractivity contribution is 0.142. The molecule has 0 aromatic heterocycles. The van der Waals surface area contributed by atoms with Gasteiger partial charge >= 0.3 is 0 Å². The van der Waals surface area contributed by atoms with Gasteiger partial charge in [0, 0.05) is 25.2 Å². The Balaban J connectivity index is 0.00000110. The van der Waals surface area contributed by atoms with Crippen molar-refractivity contribution in [3.8, 4) is 0 Å². The summed E-state index contributed by atoms with van der Waals surface area (Å²) in [5.74, 6) is 0. The van der Waals surface area contributed by atoms with E-state index in [-0.39, 0.29) is 12.4 Å². The molecule has 1 aromatic rings. The number of benzene rings is 1. The first-order valence-electron chi connectivity index (χ1n) is 7.32. The molecule has 2 nitrogen and oxygen atoms in total. The Hall–Kier alpha value is -0.570. The molecule has 104 valence electrons. The van der Waals surface area contributed by atoms with Crippen LogP contribution in [0.4, 0.5) is 0 Å². The van der Waals surface area contributed by atoms with E-state index in [9.17, 15) is 0 Å². The summed E-state index contributed by atoms with van der Waals surface area (Å²) in [7, 11) is 0. The summed E-state index contributed by atoms with van der Waals surface area (Å²) in [6.45, 7) is 6.12. The fraction of sp³-hybridized carbons (Fsp3) is 0.625. The van der Waals surface area contributed by atoms with Crippen LogP contribution in [0.2, 0.25) is 0 Å². The molecule has 1 N–H and O–H groups in total. The van der Waals surface area contributed by atoms with Gasteiger partial charge in [0.2, 0.25) is 0 Å². The first-order valence-corrected chi connectivity index (χ1v) is 7.32. The van der Waals surface area contributed by atoms with Gasteiger partial charge in [0.25, 0.3) is 0 Å². The van der Waals surface area contributed by atoms with Gasteiger partial charge in [-0.2, -0.15) is 0 Å².